The topological polar surface area (TPSA) is 66.6 Å². The van der Waals surface area contributed by atoms with E-state index in [1.54, 1.807) is 19.0 Å². The van der Waals surface area contributed by atoms with Gasteiger partial charge in [0.2, 0.25) is 5.91 Å². The van der Waals surface area contributed by atoms with Gasteiger partial charge in [-0.15, -0.1) is 0 Å². The lowest BCUT2D eigenvalue weighted by molar-refractivity contribution is -0.137. The number of benzene rings is 1. The van der Waals surface area contributed by atoms with Crippen molar-refractivity contribution >= 4 is 11.8 Å². The number of hydrogen-bond acceptors (Lipinski definition) is 3. The zero-order valence-corrected chi connectivity index (χ0v) is 13.9. The van der Waals surface area contributed by atoms with Crippen molar-refractivity contribution in [3.63, 3.8) is 0 Å². The third-order valence-corrected chi connectivity index (χ3v) is 5.01. The van der Waals surface area contributed by atoms with E-state index in [4.69, 9.17) is 5.73 Å². The standard InChI is InChI=1S/C18H25N3O2/c1-20(2)17(22)13-3-4-14-10-21(11-15(14)9-13)18(23)12-5-7-16(19)8-6-12/h3-4,9,12,16H,5-8,10-11,19H2,1-2H3/t12-,16-. The summed E-state index contributed by atoms with van der Waals surface area (Å²) >= 11 is 0. The Balaban J connectivity index is 1.69. The minimum absolute atomic E-state index is 0.00107. The van der Waals surface area contributed by atoms with Gasteiger partial charge in [0.1, 0.15) is 0 Å². The van der Waals surface area contributed by atoms with Crippen LogP contribution in [0.25, 0.3) is 0 Å². The van der Waals surface area contributed by atoms with Crippen molar-refractivity contribution in [2.24, 2.45) is 11.7 Å². The van der Waals surface area contributed by atoms with Crippen LogP contribution in [0.5, 0.6) is 0 Å². The molecular formula is C18H25N3O2. The summed E-state index contributed by atoms with van der Waals surface area (Å²) in [5.41, 5.74) is 8.86. The molecule has 1 aliphatic heterocycles. The summed E-state index contributed by atoms with van der Waals surface area (Å²) in [6, 6.07) is 6.03. The molecule has 3 rings (SSSR count). The van der Waals surface area contributed by atoms with Crippen LogP contribution >= 0.6 is 0 Å². The van der Waals surface area contributed by atoms with Crippen molar-refractivity contribution in [2.75, 3.05) is 14.1 Å². The van der Waals surface area contributed by atoms with E-state index in [-0.39, 0.29) is 23.8 Å². The lowest BCUT2D eigenvalue weighted by Gasteiger charge is -2.28. The maximum atomic E-state index is 12.7. The summed E-state index contributed by atoms with van der Waals surface area (Å²) in [6.07, 6.45) is 3.69. The molecule has 2 aliphatic rings. The van der Waals surface area contributed by atoms with Crippen LogP contribution in [-0.2, 0) is 17.9 Å². The molecule has 0 aromatic heterocycles. The number of amides is 2. The van der Waals surface area contributed by atoms with Crippen molar-refractivity contribution in [2.45, 2.75) is 44.8 Å². The predicted molar refractivity (Wildman–Crippen MR) is 88.6 cm³/mol. The summed E-state index contributed by atoms with van der Waals surface area (Å²) in [5, 5.41) is 0. The number of carbonyl (C=O) groups excluding carboxylic acids is 2. The molecule has 0 bridgehead atoms. The minimum Gasteiger partial charge on any atom is -0.345 e. The molecule has 1 saturated carbocycles. The third kappa shape index (κ3) is 3.24. The van der Waals surface area contributed by atoms with E-state index in [2.05, 4.69) is 0 Å². The van der Waals surface area contributed by atoms with Gasteiger partial charge in [-0.2, -0.15) is 0 Å². The molecular weight excluding hydrogens is 290 g/mol. The second-order valence-corrected chi connectivity index (χ2v) is 6.99. The zero-order valence-electron chi connectivity index (χ0n) is 13.9. The zero-order chi connectivity index (χ0) is 16.6. The van der Waals surface area contributed by atoms with Gasteiger partial charge >= 0.3 is 0 Å². The molecule has 1 aromatic rings. The van der Waals surface area contributed by atoms with Crippen molar-refractivity contribution in [3.8, 4) is 0 Å². The van der Waals surface area contributed by atoms with Crippen LogP contribution in [0.15, 0.2) is 18.2 Å². The van der Waals surface area contributed by atoms with Crippen molar-refractivity contribution < 1.29 is 9.59 Å². The first-order valence-corrected chi connectivity index (χ1v) is 8.33. The fourth-order valence-corrected chi connectivity index (χ4v) is 3.57. The molecule has 1 fully saturated rings. The lowest BCUT2D eigenvalue weighted by Crippen LogP contribution is -2.36. The summed E-state index contributed by atoms with van der Waals surface area (Å²) in [7, 11) is 3.50. The monoisotopic (exact) mass is 315 g/mol. The van der Waals surface area contributed by atoms with Crippen LogP contribution in [0.4, 0.5) is 0 Å². The smallest absolute Gasteiger partial charge is 0.253 e. The van der Waals surface area contributed by atoms with Crippen molar-refractivity contribution in [1.29, 1.82) is 0 Å². The molecule has 0 radical (unpaired) electrons. The Kier molecular flexibility index (Phi) is 4.39. The largest absolute Gasteiger partial charge is 0.345 e. The van der Waals surface area contributed by atoms with E-state index < -0.39 is 0 Å². The van der Waals surface area contributed by atoms with E-state index in [9.17, 15) is 9.59 Å². The number of hydrogen-bond donors (Lipinski definition) is 1. The van der Waals surface area contributed by atoms with Crippen LogP contribution < -0.4 is 5.73 Å². The summed E-state index contributed by atoms with van der Waals surface area (Å²) in [6.45, 7) is 1.28. The number of nitrogens with zero attached hydrogens (tertiary/aromatic N) is 2. The normalized spacial score (nSPS) is 23.5. The Bertz CT molecular complexity index is 619. The van der Waals surface area contributed by atoms with Gasteiger partial charge in [0.05, 0.1) is 0 Å². The molecule has 124 valence electrons. The molecule has 0 unspecified atom stereocenters. The van der Waals surface area contributed by atoms with Crippen LogP contribution in [0.2, 0.25) is 0 Å². The van der Waals surface area contributed by atoms with Crippen molar-refractivity contribution in [3.05, 3.63) is 34.9 Å². The molecule has 0 spiro atoms. The molecule has 0 atom stereocenters. The quantitative estimate of drug-likeness (QED) is 0.904. The Morgan fingerprint density at radius 3 is 2.39 bits per heavy atom. The Labute approximate surface area is 137 Å². The third-order valence-electron chi connectivity index (χ3n) is 5.01. The van der Waals surface area contributed by atoms with E-state index in [1.165, 1.54) is 0 Å². The molecule has 1 heterocycles. The Morgan fingerprint density at radius 1 is 1.09 bits per heavy atom. The first-order valence-electron chi connectivity index (χ1n) is 8.33. The van der Waals surface area contributed by atoms with E-state index in [0.29, 0.717) is 18.7 Å². The van der Waals surface area contributed by atoms with E-state index >= 15 is 0 Å². The average Bonchev–Trinajstić information content (AvgIpc) is 2.97. The molecule has 0 saturated heterocycles. The number of carbonyl (C=O) groups is 2. The first-order chi connectivity index (χ1) is 11.0. The highest BCUT2D eigenvalue weighted by Crippen LogP contribution is 2.30. The van der Waals surface area contributed by atoms with Gasteiger partial charge in [0, 0.05) is 44.7 Å². The molecule has 2 N–H and O–H groups in total. The van der Waals surface area contributed by atoms with Gasteiger partial charge in [-0.25, -0.2) is 0 Å². The SMILES string of the molecule is CN(C)C(=O)c1ccc2c(c1)CN(C(=O)[C@H]1CC[C@H](N)CC1)C2. The predicted octanol–water partition coefficient (Wildman–Crippen LogP) is 1.75. The number of rotatable bonds is 2. The lowest BCUT2D eigenvalue weighted by atomic mass is 9.85. The summed E-state index contributed by atoms with van der Waals surface area (Å²) in [4.78, 5) is 28.3. The van der Waals surface area contributed by atoms with Crippen LogP contribution in [0.3, 0.4) is 0 Å². The maximum Gasteiger partial charge on any atom is 0.253 e. The highest BCUT2D eigenvalue weighted by atomic mass is 16.2. The van der Waals surface area contributed by atoms with Gasteiger partial charge in [0.25, 0.3) is 5.91 Å². The van der Waals surface area contributed by atoms with Gasteiger partial charge in [0.15, 0.2) is 0 Å². The van der Waals surface area contributed by atoms with Gasteiger partial charge in [-0.1, -0.05) is 6.07 Å². The van der Waals surface area contributed by atoms with Gasteiger partial charge in [-0.05, 0) is 48.9 Å². The molecule has 2 amide bonds. The second-order valence-electron chi connectivity index (χ2n) is 6.99. The van der Waals surface area contributed by atoms with Gasteiger partial charge < -0.3 is 15.5 Å². The minimum atomic E-state index is -0.00107. The maximum absolute atomic E-state index is 12.7. The molecule has 23 heavy (non-hydrogen) atoms. The fraction of sp³-hybridized carbons (Fsp3) is 0.556. The second kappa shape index (κ2) is 6.32. The van der Waals surface area contributed by atoms with E-state index in [0.717, 1.165) is 36.8 Å². The number of fused-ring (bicyclic) bond motifs is 1. The Hall–Kier alpha value is -1.88. The molecule has 1 aliphatic carbocycles. The number of nitrogens with two attached hydrogens (primary N) is 1. The average molecular weight is 315 g/mol. The summed E-state index contributed by atoms with van der Waals surface area (Å²) < 4.78 is 0. The van der Waals surface area contributed by atoms with Crippen LogP contribution in [0, 0.1) is 5.92 Å². The van der Waals surface area contributed by atoms with Crippen LogP contribution in [0.1, 0.15) is 47.2 Å². The highest BCUT2D eigenvalue weighted by molar-refractivity contribution is 5.94. The van der Waals surface area contributed by atoms with E-state index in [1.807, 2.05) is 23.1 Å². The fourth-order valence-electron chi connectivity index (χ4n) is 3.57. The Morgan fingerprint density at radius 2 is 1.74 bits per heavy atom. The highest BCUT2D eigenvalue weighted by Gasteiger charge is 2.31. The molecule has 5 nitrogen and oxygen atoms in total. The molecule has 5 heteroatoms. The molecule has 1 aromatic carbocycles. The van der Waals surface area contributed by atoms with Crippen molar-refractivity contribution in [1.82, 2.24) is 9.80 Å². The first kappa shape index (κ1) is 16.0. The summed E-state index contributed by atoms with van der Waals surface area (Å²) in [5.74, 6) is 0.361. The van der Waals surface area contributed by atoms with Crippen LogP contribution in [-0.4, -0.2) is 41.8 Å². The van der Waals surface area contributed by atoms with Gasteiger partial charge in [-0.3, -0.25) is 9.59 Å².